The Labute approximate surface area is 134 Å². The van der Waals surface area contributed by atoms with Gasteiger partial charge in [-0.25, -0.2) is 0 Å². The SMILES string of the molecule is O=C(N[C@@H](C(=O)NCC(F)(F)F)c1ccccc1)c1cccs1. The van der Waals surface area contributed by atoms with Gasteiger partial charge < -0.3 is 10.6 Å². The Hall–Kier alpha value is -2.35. The lowest BCUT2D eigenvalue weighted by atomic mass is 10.1. The summed E-state index contributed by atoms with van der Waals surface area (Å²) < 4.78 is 36.8. The van der Waals surface area contributed by atoms with Crippen LogP contribution in [-0.4, -0.2) is 24.5 Å². The Kier molecular flexibility index (Phi) is 5.38. The summed E-state index contributed by atoms with van der Waals surface area (Å²) in [6.45, 7) is -1.45. The number of halogens is 3. The Morgan fingerprint density at radius 1 is 1.09 bits per heavy atom. The van der Waals surface area contributed by atoms with Crippen molar-refractivity contribution >= 4 is 23.2 Å². The maximum Gasteiger partial charge on any atom is 0.405 e. The van der Waals surface area contributed by atoms with Crippen LogP contribution in [0.3, 0.4) is 0 Å². The highest BCUT2D eigenvalue weighted by Gasteiger charge is 2.30. The minimum Gasteiger partial charge on any atom is -0.345 e. The second kappa shape index (κ2) is 7.28. The van der Waals surface area contributed by atoms with Gasteiger partial charge >= 0.3 is 6.18 Å². The third-order valence-electron chi connectivity index (χ3n) is 2.88. The summed E-state index contributed by atoms with van der Waals surface area (Å²) in [7, 11) is 0. The molecular formula is C15H13F3N2O2S. The van der Waals surface area contributed by atoms with E-state index in [0.717, 1.165) is 0 Å². The summed E-state index contributed by atoms with van der Waals surface area (Å²) in [6.07, 6.45) is -4.52. The molecular weight excluding hydrogens is 329 g/mol. The van der Waals surface area contributed by atoms with Crippen LogP contribution >= 0.6 is 11.3 Å². The number of benzene rings is 1. The molecule has 4 nitrogen and oxygen atoms in total. The van der Waals surface area contributed by atoms with Gasteiger partial charge in [0.05, 0.1) is 4.88 Å². The summed E-state index contributed by atoms with van der Waals surface area (Å²) in [6, 6.07) is 10.1. The molecule has 0 saturated heterocycles. The third kappa shape index (κ3) is 5.10. The minimum atomic E-state index is -4.52. The van der Waals surface area contributed by atoms with Gasteiger partial charge in [0.15, 0.2) is 0 Å². The highest BCUT2D eigenvalue weighted by atomic mass is 32.1. The molecule has 1 heterocycles. The maximum absolute atomic E-state index is 12.3. The van der Waals surface area contributed by atoms with Crippen LogP contribution in [0.5, 0.6) is 0 Å². The lowest BCUT2D eigenvalue weighted by molar-refractivity contribution is -0.139. The fourth-order valence-electron chi connectivity index (χ4n) is 1.85. The lowest BCUT2D eigenvalue weighted by Gasteiger charge is -2.19. The van der Waals surface area contributed by atoms with Crippen molar-refractivity contribution < 1.29 is 22.8 Å². The average Bonchev–Trinajstić information content (AvgIpc) is 3.04. The van der Waals surface area contributed by atoms with Crippen molar-refractivity contribution in [1.29, 1.82) is 0 Å². The molecule has 8 heteroatoms. The van der Waals surface area contributed by atoms with Gasteiger partial charge in [0.25, 0.3) is 5.91 Å². The zero-order valence-electron chi connectivity index (χ0n) is 11.8. The molecule has 1 atom stereocenters. The monoisotopic (exact) mass is 342 g/mol. The van der Waals surface area contributed by atoms with Gasteiger partial charge in [-0.15, -0.1) is 11.3 Å². The highest BCUT2D eigenvalue weighted by Crippen LogP contribution is 2.17. The van der Waals surface area contributed by atoms with Crippen molar-refractivity contribution in [2.24, 2.45) is 0 Å². The maximum atomic E-state index is 12.3. The standard InChI is InChI=1S/C15H13F3N2O2S/c16-15(17,18)9-19-14(22)12(10-5-2-1-3-6-10)20-13(21)11-7-4-8-23-11/h1-8,12H,9H2,(H,19,22)(H,20,21)/t12-/m1/s1. The van der Waals surface area contributed by atoms with Gasteiger partial charge in [-0.1, -0.05) is 36.4 Å². The molecule has 0 spiro atoms. The van der Waals surface area contributed by atoms with E-state index in [4.69, 9.17) is 0 Å². The van der Waals surface area contributed by atoms with Crippen molar-refractivity contribution in [3.05, 3.63) is 58.3 Å². The van der Waals surface area contributed by atoms with Gasteiger partial charge in [-0.05, 0) is 17.0 Å². The Balaban J connectivity index is 2.15. The molecule has 2 N–H and O–H groups in total. The van der Waals surface area contributed by atoms with E-state index in [0.29, 0.717) is 10.4 Å². The average molecular weight is 342 g/mol. The van der Waals surface area contributed by atoms with E-state index < -0.39 is 30.6 Å². The first-order chi connectivity index (χ1) is 10.9. The van der Waals surface area contributed by atoms with Gasteiger partial charge in [0.1, 0.15) is 12.6 Å². The van der Waals surface area contributed by atoms with Crippen molar-refractivity contribution in [2.75, 3.05) is 6.54 Å². The smallest absolute Gasteiger partial charge is 0.345 e. The molecule has 0 bridgehead atoms. The molecule has 23 heavy (non-hydrogen) atoms. The number of rotatable bonds is 5. The first kappa shape index (κ1) is 17.0. The number of thiophene rings is 1. The summed E-state index contributed by atoms with van der Waals surface area (Å²) >= 11 is 1.17. The largest absolute Gasteiger partial charge is 0.405 e. The molecule has 122 valence electrons. The molecule has 0 aliphatic carbocycles. The van der Waals surface area contributed by atoms with Crippen LogP contribution in [0.4, 0.5) is 13.2 Å². The van der Waals surface area contributed by atoms with Crippen LogP contribution in [-0.2, 0) is 4.79 Å². The Morgan fingerprint density at radius 3 is 2.35 bits per heavy atom. The zero-order chi connectivity index (χ0) is 16.9. The third-order valence-corrected chi connectivity index (χ3v) is 3.75. The summed E-state index contributed by atoms with van der Waals surface area (Å²) in [5, 5.41) is 5.95. The predicted octanol–water partition coefficient (Wildman–Crippen LogP) is 2.90. The van der Waals surface area contributed by atoms with E-state index in [2.05, 4.69) is 5.32 Å². The number of carbonyl (C=O) groups is 2. The van der Waals surface area contributed by atoms with Crippen LogP contribution < -0.4 is 10.6 Å². The first-order valence-electron chi connectivity index (χ1n) is 6.60. The van der Waals surface area contributed by atoms with Crippen molar-refractivity contribution in [1.82, 2.24) is 10.6 Å². The van der Waals surface area contributed by atoms with Gasteiger partial charge in [0, 0.05) is 0 Å². The predicted molar refractivity (Wildman–Crippen MR) is 80.0 cm³/mol. The lowest BCUT2D eigenvalue weighted by Crippen LogP contribution is -2.43. The fraction of sp³-hybridized carbons (Fsp3) is 0.200. The fourth-order valence-corrected chi connectivity index (χ4v) is 2.47. The molecule has 2 rings (SSSR count). The van der Waals surface area contributed by atoms with Crippen LogP contribution in [0, 0.1) is 0 Å². The molecule has 2 amide bonds. The zero-order valence-corrected chi connectivity index (χ0v) is 12.6. The number of alkyl halides is 3. The number of nitrogens with one attached hydrogen (secondary N) is 2. The van der Waals surface area contributed by atoms with E-state index >= 15 is 0 Å². The molecule has 0 saturated carbocycles. The topological polar surface area (TPSA) is 58.2 Å². The summed E-state index contributed by atoms with van der Waals surface area (Å²) in [4.78, 5) is 24.5. The normalized spacial score (nSPS) is 12.5. The van der Waals surface area contributed by atoms with Crippen LogP contribution in [0.15, 0.2) is 47.8 Å². The van der Waals surface area contributed by atoms with E-state index in [1.807, 2.05) is 0 Å². The molecule has 1 aromatic carbocycles. The van der Waals surface area contributed by atoms with Crippen LogP contribution in [0.25, 0.3) is 0 Å². The molecule has 2 aromatic rings. The number of hydrogen-bond acceptors (Lipinski definition) is 3. The van der Waals surface area contributed by atoms with E-state index in [9.17, 15) is 22.8 Å². The first-order valence-corrected chi connectivity index (χ1v) is 7.48. The highest BCUT2D eigenvalue weighted by molar-refractivity contribution is 7.12. The second-order valence-electron chi connectivity index (χ2n) is 4.63. The van der Waals surface area contributed by atoms with E-state index in [1.165, 1.54) is 11.3 Å². The second-order valence-corrected chi connectivity index (χ2v) is 5.58. The van der Waals surface area contributed by atoms with E-state index in [1.54, 1.807) is 53.2 Å². The number of amides is 2. The quantitative estimate of drug-likeness (QED) is 0.878. The molecule has 0 aliphatic heterocycles. The van der Waals surface area contributed by atoms with Crippen molar-refractivity contribution in [3.63, 3.8) is 0 Å². The molecule has 0 fully saturated rings. The summed E-state index contributed by atoms with van der Waals surface area (Å²) in [5.41, 5.74) is 0.400. The Morgan fingerprint density at radius 2 is 1.78 bits per heavy atom. The number of carbonyl (C=O) groups excluding carboxylic acids is 2. The Bertz CT molecular complexity index is 657. The van der Waals surface area contributed by atoms with E-state index in [-0.39, 0.29) is 0 Å². The minimum absolute atomic E-state index is 0.370. The summed E-state index contributed by atoms with van der Waals surface area (Å²) in [5.74, 6) is -1.44. The van der Waals surface area contributed by atoms with Gasteiger partial charge in [-0.2, -0.15) is 13.2 Å². The van der Waals surface area contributed by atoms with Gasteiger partial charge in [-0.3, -0.25) is 9.59 Å². The molecule has 0 unspecified atom stereocenters. The van der Waals surface area contributed by atoms with Crippen LogP contribution in [0.1, 0.15) is 21.3 Å². The van der Waals surface area contributed by atoms with Crippen molar-refractivity contribution in [2.45, 2.75) is 12.2 Å². The molecule has 0 aliphatic rings. The van der Waals surface area contributed by atoms with Crippen molar-refractivity contribution in [3.8, 4) is 0 Å². The molecule has 1 aromatic heterocycles. The molecule has 0 radical (unpaired) electrons. The number of hydrogen-bond donors (Lipinski definition) is 2. The van der Waals surface area contributed by atoms with Crippen LogP contribution in [0.2, 0.25) is 0 Å². The van der Waals surface area contributed by atoms with Gasteiger partial charge in [0.2, 0.25) is 5.91 Å².